The first-order valence-electron chi connectivity index (χ1n) is 9.47. The summed E-state index contributed by atoms with van der Waals surface area (Å²) >= 11 is 0. The van der Waals surface area contributed by atoms with Crippen molar-refractivity contribution in [1.29, 1.82) is 0 Å². The van der Waals surface area contributed by atoms with E-state index in [1.165, 1.54) is 14.2 Å². The molecule has 0 saturated carbocycles. The summed E-state index contributed by atoms with van der Waals surface area (Å²) in [6.07, 6.45) is 3.47. The third-order valence-electron chi connectivity index (χ3n) is 4.25. The van der Waals surface area contributed by atoms with Crippen LogP contribution in [-0.2, 0) is 22.4 Å². The van der Waals surface area contributed by atoms with Gasteiger partial charge in [-0.15, -0.1) is 0 Å². The second-order valence-electron chi connectivity index (χ2n) is 6.77. The molecule has 0 spiro atoms. The smallest absolute Gasteiger partial charge is 0.160 e. The van der Waals surface area contributed by atoms with Crippen molar-refractivity contribution in [3.63, 3.8) is 0 Å². The highest BCUT2D eigenvalue weighted by Gasteiger charge is 2.04. The highest BCUT2D eigenvalue weighted by Crippen LogP contribution is 2.27. The van der Waals surface area contributed by atoms with Gasteiger partial charge >= 0.3 is 0 Å². The number of benzene rings is 2. The number of rotatable bonds is 9. The topological polar surface area (TPSA) is 93.1 Å². The molecule has 6 heteroatoms. The van der Waals surface area contributed by atoms with Crippen LogP contribution in [0.15, 0.2) is 36.4 Å². The molecule has 2 aromatic carbocycles. The minimum atomic E-state index is 0.124. The van der Waals surface area contributed by atoms with Gasteiger partial charge < -0.3 is 29.3 Å². The number of aryl methyl sites for hydroxylation is 2. The molecule has 0 atom stereocenters. The first-order chi connectivity index (χ1) is 13.8. The van der Waals surface area contributed by atoms with Gasteiger partial charge in [-0.2, -0.15) is 0 Å². The number of carbonyl (C=O) groups excluding carboxylic acids is 2. The summed E-state index contributed by atoms with van der Waals surface area (Å²) in [5.74, 6) is 1.58. The highest BCUT2D eigenvalue weighted by atomic mass is 16.5. The molecule has 0 unspecified atom stereocenters. The van der Waals surface area contributed by atoms with Gasteiger partial charge in [-0.25, -0.2) is 0 Å². The molecule has 0 aliphatic rings. The summed E-state index contributed by atoms with van der Waals surface area (Å²) in [6, 6.07) is 10.4. The van der Waals surface area contributed by atoms with Crippen LogP contribution in [0.1, 0.15) is 44.2 Å². The average molecular weight is 402 g/mol. The van der Waals surface area contributed by atoms with Crippen molar-refractivity contribution in [1.82, 2.24) is 0 Å². The Bertz CT molecular complexity index is 813. The molecule has 0 aromatic heterocycles. The summed E-state index contributed by atoms with van der Waals surface area (Å²) in [4.78, 5) is 21.5. The molecule has 0 aliphatic carbocycles. The number of Topliss-reactive ketones (excluding diaryl/α,β-unsaturated/α-hetero) is 2. The quantitative estimate of drug-likeness (QED) is 0.652. The van der Waals surface area contributed by atoms with E-state index in [0.29, 0.717) is 30.8 Å². The molecule has 6 nitrogen and oxygen atoms in total. The molecule has 2 rings (SSSR count). The minimum Gasteiger partial charge on any atom is -0.504 e. The van der Waals surface area contributed by atoms with Crippen molar-refractivity contribution >= 4 is 11.6 Å². The van der Waals surface area contributed by atoms with Crippen LogP contribution in [0, 0.1) is 0 Å². The van der Waals surface area contributed by atoms with E-state index in [1.54, 1.807) is 44.2 Å². The Balaban J connectivity index is 0.000000291. The minimum absolute atomic E-state index is 0.124. The lowest BCUT2D eigenvalue weighted by atomic mass is 10.1. The fourth-order valence-corrected chi connectivity index (χ4v) is 2.62. The van der Waals surface area contributed by atoms with Crippen molar-refractivity contribution in [3.05, 3.63) is 47.5 Å². The van der Waals surface area contributed by atoms with E-state index in [9.17, 15) is 19.8 Å². The van der Waals surface area contributed by atoms with Crippen LogP contribution in [0.5, 0.6) is 23.0 Å². The van der Waals surface area contributed by atoms with Gasteiger partial charge in [-0.3, -0.25) is 0 Å². The molecule has 2 N–H and O–H groups in total. The van der Waals surface area contributed by atoms with Gasteiger partial charge in [0.15, 0.2) is 23.0 Å². The van der Waals surface area contributed by atoms with Crippen LogP contribution in [0.3, 0.4) is 0 Å². The largest absolute Gasteiger partial charge is 0.504 e. The van der Waals surface area contributed by atoms with E-state index >= 15 is 0 Å². The third kappa shape index (κ3) is 9.14. The molecule has 0 fully saturated rings. The number of aromatic hydroxyl groups is 2. The number of carbonyl (C=O) groups is 2. The van der Waals surface area contributed by atoms with E-state index in [2.05, 4.69) is 0 Å². The van der Waals surface area contributed by atoms with Crippen LogP contribution >= 0.6 is 0 Å². The Kier molecular flexibility index (Phi) is 10.3. The maximum absolute atomic E-state index is 10.8. The van der Waals surface area contributed by atoms with Crippen molar-refractivity contribution in [3.8, 4) is 23.0 Å². The summed E-state index contributed by atoms with van der Waals surface area (Å²) < 4.78 is 9.95. The number of ketones is 2. The van der Waals surface area contributed by atoms with E-state index < -0.39 is 0 Å². The molecule has 0 radical (unpaired) electrons. The second kappa shape index (κ2) is 12.4. The van der Waals surface area contributed by atoms with Gasteiger partial charge in [0.05, 0.1) is 14.2 Å². The summed E-state index contributed by atoms with van der Waals surface area (Å²) in [5, 5.41) is 18.7. The predicted molar refractivity (Wildman–Crippen MR) is 112 cm³/mol. The first-order valence-corrected chi connectivity index (χ1v) is 9.47. The lowest BCUT2D eigenvalue weighted by Gasteiger charge is -2.06. The fraction of sp³-hybridized carbons (Fsp3) is 0.391. The average Bonchev–Trinajstić information content (AvgIpc) is 2.68. The SMILES string of the molecule is COc1cc(CCC(C)=O)ccc1O.COc1cc(CCCC(C)=O)ccc1O. The molecular weight excluding hydrogens is 372 g/mol. The Morgan fingerprint density at radius 1 is 0.759 bits per heavy atom. The molecular formula is C23H30O6. The molecule has 0 saturated heterocycles. The molecule has 0 heterocycles. The molecule has 0 bridgehead atoms. The Morgan fingerprint density at radius 2 is 1.21 bits per heavy atom. The maximum atomic E-state index is 10.8. The van der Waals surface area contributed by atoms with Crippen molar-refractivity contribution in [2.24, 2.45) is 0 Å². The van der Waals surface area contributed by atoms with E-state index in [-0.39, 0.29) is 23.1 Å². The monoisotopic (exact) mass is 402 g/mol. The number of hydrogen-bond donors (Lipinski definition) is 2. The van der Waals surface area contributed by atoms with Gasteiger partial charge in [0.25, 0.3) is 0 Å². The number of phenols is 2. The summed E-state index contributed by atoms with van der Waals surface area (Å²) in [6.45, 7) is 3.16. The second-order valence-corrected chi connectivity index (χ2v) is 6.77. The maximum Gasteiger partial charge on any atom is 0.160 e. The Hall–Kier alpha value is -3.02. The first kappa shape index (κ1) is 24.0. The third-order valence-corrected chi connectivity index (χ3v) is 4.25. The standard InChI is InChI=1S/C12H16O3.C11H14O3/c1-9(13)4-3-5-10-6-7-11(14)12(8-10)15-2;1-8(12)3-4-9-5-6-10(13)11(7-9)14-2/h6-8,14H,3-5H2,1-2H3;5-7,13H,3-4H2,1-2H3. The number of hydrogen-bond acceptors (Lipinski definition) is 6. The van der Waals surface area contributed by atoms with E-state index in [1.807, 2.05) is 6.07 Å². The highest BCUT2D eigenvalue weighted by molar-refractivity contribution is 5.75. The lowest BCUT2D eigenvalue weighted by molar-refractivity contribution is -0.117. The predicted octanol–water partition coefficient (Wildman–Crippen LogP) is 4.23. The van der Waals surface area contributed by atoms with Crippen molar-refractivity contribution in [2.45, 2.75) is 46.0 Å². The Morgan fingerprint density at radius 3 is 1.62 bits per heavy atom. The molecule has 158 valence electrons. The van der Waals surface area contributed by atoms with Crippen LogP contribution in [0.2, 0.25) is 0 Å². The van der Waals surface area contributed by atoms with Crippen LogP contribution in [0.25, 0.3) is 0 Å². The zero-order valence-corrected chi connectivity index (χ0v) is 17.5. The number of methoxy groups -OCH3 is 2. The van der Waals surface area contributed by atoms with Crippen LogP contribution in [0.4, 0.5) is 0 Å². The molecule has 0 amide bonds. The number of phenolic OH excluding ortho intramolecular Hbond substituents is 2. The zero-order chi connectivity index (χ0) is 21.8. The van der Waals surface area contributed by atoms with Gasteiger partial charge in [-0.1, -0.05) is 12.1 Å². The molecule has 2 aromatic rings. The molecule has 29 heavy (non-hydrogen) atoms. The molecule has 0 aliphatic heterocycles. The zero-order valence-electron chi connectivity index (χ0n) is 17.5. The summed E-state index contributed by atoms with van der Waals surface area (Å²) in [7, 11) is 3.03. The lowest BCUT2D eigenvalue weighted by Crippen LogP contribution is -1.94. The van der Waals surface area contributed by atoms with Crippen molar-refractivity contribution < 1.29 is 29.3 Å². The van der Waals surface area contributed by atoms with Crippen LogP contribution in [-0.4, -0.2) is 36.0 Å². The van der Waals surface area contributed by atoms with Gasteiger partial charge in [0.2, 0.25) is 0 Å². The fourth-order valence-electron chi connectivity index (χ4n) is 2.62. The van der Waals surface area contributed by atoms with Crippen LogP contribution < -0.4 is 9.47 Å². The van der Waals surface area contributed by atoms with Gasteiger partial charge in [-0.05, 0) is 68.5 Å². The van der Waals surface area contributed by atoms with Gasteiger partial charge in [0.1, 0.15) is 11.6 Å². The van der Waals surface area contributed by atoms with E-state index in [0.717, 1.165) is 24.0 Å². The van der Waals surface area contributed by atoms with Gasteiger partial charge in [0, 0.05) is 12.8 Å². The normalized spacial score (nSPS) is 9.93. The van der Waals surface area contributed by atoms with Crippen molar-refractivity contribution in [2.75, 3.05) is 14.2 Å². The Labute approximate surface area is 172 Å². The summed E-state index contributed by atoms with van der Waals surface area (Å²) in [5.41, 5.74) is 2.07. The van der Waals surface area contributed by atoms with E-state index in [4.69, 9.17) is 9.47 Å². The number of ether oxygens (including phenoxy) is 2.